The third-order valence-corrected chi connectivity index (χ3v) is 3.06. The largest absolute Gasteiger partial charge is 0.320 e. The van der Waals surface area contributed by atoms with E-state index in [1.54, 1.807) is 0 Å². The minimum absolute atomic E-state index is 1.02. The summed E-state index contributed by atoms with van der Waals surface area (Å²) in [6.45, 7) is 1.20. The zero-order valence-corrected chi connectivity index (χ0v) is 6.84. The summed E-state index contributed by atoms with van der Waals surface area (Å²) in [5.74, 6) is 3.82. The van der Waals surface area contributed by atoms with E-state index < -0.39 is 0 Å². The lowest BCUT2D eigenvalue weighted by Crippen LogP contribution is -2.12. The first-order chi connectivity index (χ1) is 4.43. The van der Waals surface area contributed by atoms with E-state index in [9.17, 15) is 0 Å². The Morgan fingerprint density at radius 3 is 3.11 bits per heavy atom. The number of nitrogens with one attached hydrogen (secondary N) is 1. The van der Waals surface area contributed by atoms with Gasteiger partial charge in [0.15, 0.2) is 0 Å². The van der Waals surface area contributed by atoms with Crippen molar-refractivity contribution in [3.8, 4) is 0 Å². The second-order valence-corrected chi connectivity index (χ2v) is 3.77. The number of thioether (sulfide) groups is 1. The molecule has 1 aliphatic heterocycles. The van der Waals surface area contributed by atoms with Gasteiger partial charge in [-0.05, 0) is 43.9 Å². The zero-order chi connectivity index (χ0) is 6.53. The standard InChI is InChI=1S/C7H15NS/c1-8-4-2-7-3-5-9-6-7/h7-8H,2-6H2,1H3/t7-/m0/s1. The van der Waals surface area contributed by atoms with Crippen molar-refractivity contribution < 1.29 is 0 Å². The fourth-order valence-corrected chi connectivity index (χ4v) is 2.49. The predicted molar refractivity (Wildman–Crippen MR) is 44.0 cm³/mol. The molecule has 0 amide bonds. The molecule has 1 N–H and O–H groups in total. The highest BCUT2D eigenvalue weighted by molar-refractivity contribution is 7.99. The average molecular weight is 145 g/mol. The molecular weight excluding hydrogens is 130 g/mol. The van der Waals surface area contributed by atoms with Crippen molar-refractivity contribution in [1.29, 1.82) is 0 Å². The highest BCUT2D eigenvalue weighted by atomic mass is 32.2. The van der Waals surface area contributed by atoms with Gasteiger partial charge in [0.2, 0.25) is 0 Å². The van der Waals surface area contributed by atoms with Crippen LogP contribution in [0.5, 0.6) is 0 Å². The summed E-state index contributed by atoms with van der Waals surface area (Å²) in [5, 5.41) is 3.19. The van der Waals surface area contributed by atoms with E-state index in [0.717, 1.165) is 5.92 Å². The maximum absolute atomic E-state index is 3.19. The van der Waals surface area contributed by atoms with Crippen LogP contribution in [0.1, 0.15) is 12.8 Å². The molecule has 1 rings (SSSR count). The van der Waals surface area contributed by atoms with Crippen LogP contribution in [0.15, 0.2) is 0 Å². The summed E-state index contributed by atoms with van der Waals surface area (Å²) in [7, 11) is 2.03. The van der Waals surface area contributed by atoms with E-state index in [2.05, 4.69) is 17.1 Å². The fourth-order valence-electron chi connectivity index (χ4n) is 1.16. The average Bonchev–Trinajstić information content (AvgIpc) is 2.34. The van der Waals surface area contributed by atoms with E-state index in [4.69, 9.17) is 0 Å². The highest BCUT2D eigenvalue weighted by Crippen LogP contribution is 2.25. The Hall–Kier alpha value is 0.310. The molecule has 1 fully saturated rings. The molecule has 0 unspecified atom stereocenters. The van der Waals surface area contributed by atoms with Crippen LogP contribution in [0.3, 0.4) is 0 Å². The molecule has 2 heteroatoms. The molecule has 1 aliphatic rings. The quantitative estimate of drug-likeness (QED) is 0.643. The Kier molecular flexibility index (Phi) is 3.44. The molecule has 1 nitrogen and oxygen atoms in total. The predicted octanol–water partition coefficient (Wildman–Crippen LogP) is 1.35. The van der Waals surface area contributed by atoms with Crippen molar-refractivity contribution in [3.05, 3.63) is 0 Å². The van der Waals surface area contributed by atoms with Crippen LogP contribution in [0.2, 0.25) is 0 Å². The number of rotatable bonds is 3. The molecule has 0 aliphatic carbocycles. The molecule has 1 saturated heterocycles. The smallest absolute Gasteiger partial charge is 0.00384 e. The van der Waals surface area contributed by atoms with Crippen LogP contribution in [0.25, 0.3) is 0 Å². The molecule has 0 aromatic heterocycles. The molecular formula is C7H15NS. The third-order valence-electron chi connectivity index (χ3n) is 1.83. The van der Waals surface area contributed by atoms with Crippen LogP contribution >= 0.6 is 11.8 Å². The summed E-state index contributed by atoms with van der Waals surface area (Å²) in [4.78, 5) is 0. The molecule has 9 heavy (non-hydrogen) atoms. The molecule has 0 aromatic rings. The van der Waals surface area contributed by atoms with Gasteiger partial charge in [0.1, 0.15) is 0 Å². The van der Waals surface area contributed by atoms with Crippen LogP contribution in [-0.4, -0.2) is 25.1 Å². The molecule has 1 atom stereocenters. The molecule has 54 valence electrons. The fraction of sp³-hybridized carbons (Fsp3) is 1.00. The molecule has 1 heterocycles. The third kappa shape index (κ3) is 2.59. The summed E-state index contributed by atoms with van der Waals surface area (Å²) in [6.07, 6.45) is 2.83. The van der Waals surface area contributed by atoms with E-state index >= 15 is 0 Å². The van der Waals surface area contributed by atoms with E-state index in [1.165, 1.54) is 30.9 Å². The molecule has 0 aromatic carbocycles. The van der Waals surface area contributed by atoms with Crippen molar-refractivity contribution in [3.63, 3.8) is 0 Å². The van der Waals surface area contributed by atoms with Crippen molar-refractivity contribution in [1.82, 2.24) is 5.32 Å². The van der Waals surface area contributed by atoms with Gasteiger partial charge in [-0.25, -0.2) is 0 Å². The summed E-state index contributed by atoms with van der Waals surface area (Å²) in [5.41, 5.74) is 0. The second-order valence-electron chi connectivity index (χ2n) is 2.62. The van der Waals surface area contributed by atoms with Gasteiger partial charge in [-0.2, -0.15) is 11.8 Å². The molecule has 0 bridgehead atoms. The number of hydrogen-bond acceptors (Lipinski definition) is 2. The van der Waals surface area contributed by atoms with Gasteiger partial charge >= 0.3 is 0 Å². The Morgan fingerprint density at radius 1 is 1.67 bits per heavy atom. The van der Waals surface area contributed by atoms with Gasteiger partial charge in [0.05, 0.1) is 0 Å². The van der Waals surface area contributed by atoms with Crippen molar-refractivity contribution in [2.24, 2.45) is 5.92 Å². The Bertz CT molecular complexity index is 69.3. The molecule has 0 saturated carbocycles. The summed E-state index contributed by atoms with van der Waals surface area (Å²) < 4.78 is 0. The Labute approximate surface area is 61.6 Å². The normalized spacial score (nSPS) is 27.0. The van der Waals surface area contributed by atoms with Gasteiger partial charge in [-0.1, -0.05) is 0 Å². The van der Waals surface area contributed by atoms with Crippen LogP contribution in [0.4, 0.5) is 0 Å². The number of hydrogen-bond donors (Lipinski definition) is 1. The lowest BCUT2D eigenvalue weighted by Gasteiger charge is -2.05. The SMILES string of the molecule is CNCC[C@H]1CCSC1. The first-order valence-electron chi connectivity index (χ1n) is 3.66. The second kappa shape index (κ2) is 4.18. The zero-order valence-electron chi connectivity index (χ0n) is 6.02. The maximum Gasteiger partial charge on any atom is -0.00384 e. The van der Waals surface area contributed by atoms with E-state index in [-0.39, 0.29) is 0 Å². The monoisotopic (exact) mass is 145 g/mol. The lowest BCUT2D eigenvalue weighted by atomic mass is 10.1. The van der Waals surface area contributed by atoms with Crippen molar-refractivity contribution in [2.45, 2.75) is 12.8 Å². The van der Waals surface area contributed by atoms with E-state index in [1.807, 2.05) is 7.05 Å². The first-order valence-corrected chi connectivity index (χ1v) is 4.81. The Balaban J connectivity index is 1.98. The van der Waals surface area contributed by atoms with Gasteiger partial charge in [0, 0.05) is 0 Å². The van der Waals surface area contributed by atoms with Gasteiger partial charge in [-0.3, -0.25) is 0 Å². The Morgan fingerprint density at radius 2 is 2.56 bits per heavy atom. The molecule has 0 spiro atoms. The maximum atomic E-state index is 3.19. The van der Waals surface area contributed by atoms with E-state index in [0.29, 0.717) is 0 Å². The van der Waals surface area contributed by atoms with Crippen LogP contribution < -0.4 is 5.32 Å². The minimum atomic E-state index is 1.02. The van der Waals surface area contributed by atoms with Crippen LogP contribution in [-0.2, 0) is 0 Å². The minimum Gasteiger partial charge on any atom is -0.320 e. The topological polar surface area (TPSA) is 12.0 Å². The van der Waals surface area contributed by atoms with Crippen molar-refractivity contribution in [2.75, 3.05) is 25.1 Å². The van der Waals surface area contributed by atoms with Gasteiger partial charge < -0.3 is 5.32 Å². The molecule has 0 radical (unpaired) electrons. The lowest BCUT2D eigenvalue weighted by molar-refractivity contribution is 0.529. The van der Waals surface area contributed by atoms with Crippen LogP contribution in [0, 0.1) is 5.92 Å². The van der Waals surface area contributed by atoms with Gasteiger partial charge in [0.25, 0.3) is 0 Å². The summed E-state index contributed by atoms with van der Waals surface area (Å²) in [6, 6.07) is 0. The van der Waals surface area contributed by atoms with Gasteiger partial charge in [-0.15, -0.1) is 0 Å². The first kappa shape index (κ1) is 7.42. The highest BCUT2D eigenvalue weighted by Gasteiger charge is 2.13. The van der Waals surface area contributed by atoms with Crippen molar-refractivity contribution >= 4 is 11.8 Å². The summed E-state index contributed by atoms with van der Waals surface area (Å²) >= 11 is 2.10.